The summed E-state index contributed by atoms with van der Waals surface area (Å²) in [5.74, 6) is -0.216. The van der Waals surface area contributed by atoms with Crippen LogP contribution in [-0.4, -0.2) is 5.91 Å². The molecular formula is C19H17N3O. The monoisotopic (exact) mass is 303 g/mol. The van der Waals surface area contributed by atoms with Gasteiger partial charge in [-0.05, 0) is 48.5 Å². The number of nitrogens with one attached hydrogen (secondary N) is 2. The third-order valence-corrected chi connectivity index (χ3v) is 3.41. The molecule has 4 N–H and O–H groups in total. The highest BCUT2D eigenvalue weighted by Crippen LogP contribution is 2.20. The molecule has 0 unspecified atom stereocenters. The van der Waals surface area contributed by atoms with Crippen molar-refractivity contribution >= 4 is 28.7 Å². The molecule has 3 rings (SSSR count). The molecule has 0 aliphatic rings. The molecule has 114 valence electrons. The van der Waals surface area contributed by atoms with E-state index in [0.29, 0.717) is 11.3 Å². The predicted octanol–water partition coefficient (Wildman–Crippen LogP) is 4.26. The van der Waals surface area contributed by atoms with Crippen molar-refractivity contribution in [2.45, 2.75) is 0 Å². The molecule has 1 amide bonds. The van der Waals surface area contributed by atoms with Gasteiger partial charge < -0.3 is 16.4 Å². The first kappa shape index (κ1) is 14.7. The van der Waals surface area contributed by atoms with E-state index in [2.05, 4.69) is 10.6 Å². The molecule has 0 aromatic heterocycles. The minimum absolute atomic E-state index is 0.216. The zero-order valence-electron chi connectivity index (χ0n) is 12.5. The summed E-state index contributed by atoms with van der Waals surface area (Å²) in [5.41, 5.74) is 9.44. The number of hydrogen-bond donors (Lipinski definition) is 3. The standard InChI is InChI=1S/C19H17N3O/c20-18-9-5-4-8-17(18)19(23)22-16-12-10-15(11-13-16)21-14-6-2-1-3-7-14/h1-13,21H,20H2,(H,22,23). The van der Waals surface area contributed by atoms with Crippen molar-refractivity contribution in [3.63, 3.8) is 0 Å². The van der Waals surface area contributed by atoms with Crippen molar-refractivity contribution < 1.29 is 4.79 Å². The van der Waals surface area contributed by atoms with Gasteiger partial charge in [-0.15, -0.1) is 0 Å². The Labute approximate surface area is 135 Å². The number of carbonyl (C=O) groups is 1. The van der Waals surface area contributed by atoms with Crippen LogP contribution in [-0.2, 0) is 0 Å². The van der Waals surface area contributed by atoms with E-state index in [1.807, 2.05) is 54.6 Å². The Hall–Kier alpha value is -3.27. The lowest BCUT2D eigenvalue weighted by atomic mass is 10.1. The van der Waals surface area contributed by atoms with E-state index in [1.54, 1.807) is 24.3 Å². The summed E-state index contributed by atoms with van der Waals surface area (Å²) < 4.78 is 0. The minimum Gasteiger partial charge on any atom is -0.398 e. The average molecular weight is 303 g/mol. The van der Waals surface area contributed by atoms with Crippen molar-refractivity contribution in [3.8, 4) is 0 Å². The van der Waals surface area contributed by atoms with Crippen LogP contribution in [0.25, 0.3) is 0 Å². The third kappa shape index (κ3) is 3.68. The lowest BCUT2D eigenvalue weighted by Crippen LogP contribution is -2.13. The highest BCUT2D eigenvalue weighted by molar-refractivity contribution is 6.07. The van der Waals surface area contributed by atoms with E-state index < -0.39 is 0 Å². The van der Waals surface area contributed by atoms with Crippen molar-refractivity contribution in [1.29, 1.82) is 0 Å². The molecule has 0 saturated carbocycles. The Bertz CT molecular complexity index is 798. The highest BCUT2D eigenvalue weighted by atomic mass is 16.1. The second-order valence-corrected chi connectivity index (χ2v) is 5.11. The molecule has 23 heavy (non-hydrogen) atoms. The molecule has 0 spiro atoms. The summed E-state index contributed by atoms with van der Waals surface area (Å²) >= 11 is 0. The van der Waals surface area contributed by atoms with Crippen molar-refractivity contribution in [2.75, 3.05) is 16.4 Å². The van der Waals surface area contributed by atoms with Crippen LogP contribution in [0.3, 0.4) is 0 Å². The fraction of sp³-hybridized carbons (Fsp3) is 0. The van der Waals surface area contributed by atoms with Crippen LogP contribution in [0.15, 0.2) is 78.9 Å². The normalized spacial score (nSPS) is 10.1. The summed E-state index contributed by atoms with van der Waals surface area (Å²) in [7, 11) is 0. The molecule has 0 atom stereocenters. The number of nitrogens with two attached hydrogens (primary N) is 1. The van der Waals surface area contributed by atoms with Gasteiger partial charge in [0.2, 0.25) is 0 Å². The minimum atomic E-state index is -0.216. The molecule has 4 heteroatoms. The molecule has 0 bridgehead atoms. The van der Waals surface area contributed by atoms with E-state index in [1.165, 1.54) is 0 Å². The van der Waals surface area contributed by atoms with E-state index in [-0.39, 0.29) is 5.91 Å². The van der Waals surface area contributed by atoms with Gasteiger partial charge in [0.1, 0.15) is 0 Å². The second-order valence-electron chi connectivity index (χ2n) is 5.11. The first-order valence-electron chi connectivity index (χ1n) is 7.30. The van der Waals surface area contributed by atoms with Gasteiger partial charge in [0.15, 0.2) is 0 Å². The smallest absolute Gasteiger partial charge is 0.257 e. The lowest BCUT2D eigenvalue weighted by Gasteiger charge is -2.09. The van der Waals surface area contributed by atoms with Crippen molar-refractivity contribution in [1.82, 2.24) is 0 Å². The van der Waals surface area contributed by atoms with Crippen LogP contribution in [0.2, 0.25) is 0 Å². The van der Waals surface area contributed by atoms with Crippen molar-refractivity contribution in [2.24, 2.45) is 0 Å². The van der Waals surface area contributed by atoms with Gasteiger partial charge >= 0.3 is 0 Å². The van der Waals surface area contributed by atoms with Gasteiger partial charge in [0.05, 0.1) is 5.56 Å². The first-order chi connectivity index (χ1) is 11.2. The third-order valence-electron chi connectivity index (χ3n) is 3.41. The zero-order valence-corrected chi connectivity index (χ0v) is 12.5. The first-order valence-corrected chi connectivity index (χ1v) is 7.30. The fourth-order valence-corrected chi connectivity index (χ4v) is 2.23. The molecule has 0 aliphatic carbocycles. The second kappa shape index (κ2) is 6.66. The predicted molar refractivity (Wildman–Crippen MR) is 95.0 cm³/mol. The van der Waals surface area contributed by atoms with Gasteiger partial charge in [-0.25, -0.2) is 0 Å². The maximum atomic E-state index is 12.2. The number of rotatable bonds is 4. The number of nitrogen functional groups attached to an aromatic ring is 1. The van der Waals surface area contributed by atoms with Gasteiger partial charge in [-0.3, -0.25) is 4.79 Å². The van der Waals surface area contributed by atoms with E-state index in [9.17, 15) is 4.79 Å². The SMILES string of the molecule is Nc1ccccc1C(=O)Nc1ccc(Nc2ccccc2)cc1. The molecule has 4 nitrogen and oxygen atoms in total. The molecule has 0 radical (unpaired) electrons. The van der Waals surface area contributed by atoms with Gasteiger partial charge in [-0.1, -0.05) is 30.3 Å². The van der Waals surface area contributed by atoms with E-state index >= 15 is 0 Å². The maximum Gasteiger partial charge on any atom is 0.257 e. The summed E-state index contributed by atoms with van der Waals surface area (Å²) in [6.07, 6.45) is 0. The number of hydrogen-bond acceptors (Lipinski definition) is 3. The van der Waals surface area contributed by atoms with Crippen LogP contribution in [0.1, 0.15) is 10.4 Å². The Morgan fingerprint density at radius 3 is 1.96 bits per heavy atom. The molecule has 3 aromatic rings. The number of anilines is 4. The Morgan fingerprint density at radius 1 is 0.696 bits per heavy atom. The van der Waals surface area contributed by atoms with Crippen LogP contribution in [0, 0.1) is 0 Å². The lowest BCUT2D eigenvalue weighted by molar-refractivity contribution is 0.102. The summed E-state index contributed by atoms with van der Waals surface area (Å²) in [6.45, 7) is 0. The Kier molecular flexibility index (Phi) is 4.25. The topological polar surface area (TPSA) is 67.2 Å². The van der Waals surface area contributed by atoms with Gasteiger partial charge in [-0.2, -0.15) is 0 Å². The van der Waals surface area contributed by atoms with Crippen LogP contribution >= 0.6 is 0 Å². The summed E-state index contributed by atoms with van der Waals surface area (Å²) in [6, 6.07) is 24.4. The number of amides is 1. The summed E-state index contributed by atoms with van der Waals surface area (Å²) in [4.78, 5) is 12.2. The molecule has 3 aromatic carbocycles. The molecule has 0 saturated heterocycles. The van der Waals surface area contributed by atoms with Crippen LogP contribution in [0.4, 0.5) is 22.7 Å². The molecule has 0 heterocycles. The van der Waals surface area contributed by atoms with E-state index in [0.717, 1.165) is 17.1 Å². The van der Waals surface area contributed by atoms with Gasteiger partial charge in [0, 0.05) is 22.7 Å². The number of benzene rings is 3. The largest absolute Gasteiger partial charge is 0.398 e. The number of carbonyl (C=O) groups excluding carboxylic acids is 1. The molecule has 0 fully saturated rings. The van der Waals surface area contributed by atoms with Crippen LogP contribution in [0.5, 0.6) is 0 Å². The number of para-hydroxylation sites is 2. The Morgan fingerprint density at radius 2 is 1.26 bits per heavy atom. The van der Waals surface area contributed by atoms with Crippen molar-refractivity contribution in [3.05, 3.63) is 84.4 Å². The molecule has 0 aliphatic heterocycles. The van der Waals surface area contributed by atoms with Gasteiger partial charge in [0.25, 0.3) is 5.91 Å². The Balaban J connectivity index is 1.68. The quantitative estimate of drug-likeness (QED) is 0.631. The summed E-state index contributed by atoms with van der Waals surface area (Å²) in [5, 5.41) is 6.14. The zero-order chi connectivity index (χ0) is 16.1. The van der Waals surface area contributed by atoms with Crippen LogP contribution < -0.4 is 16.4 Å². The highest BCUT2D eigenvalue weighted by Gasteiger charge is 2.08. The fourth-order valence-electron chi connectivity index (χ4n) is 2.23. The molecular weight excluding hydrogens is 286 g/mol. The van der Waals surface area contributed by atoms with E-state index in [4.69, 9.17) is 5.73 Å². The maximum absolute atomic E-state index is 12.2. The average Bonchev–Trinajstić information content (AvgIpc) is 2.58.